The quantitative estimate of drug-likeness (QED) is 0.472. The molecule has 0 spiro atoms. The molecular weight excluding hydrogens is 330 g/mol. The lowest BCUT2D eigenvalue weighted by Crippen LogP contribution is -2.25. The Bertz CT molecular complexity index is 954. The molecule has 132 valence electrons. The Morgan fingerprint density at radius 1 is 1.12 bits per heavy atom. The first-order valence-corrected chi connectivity index (χ1v) is 8.07. The molecule has 0 heterocycles. The highest BCUT2D eigenvalue weighted by atomic mass is 16.5. The fourth-order valence-corrected chi connectivity index (χ4v) is 2.47. The number of carbonyl (C=O) groups is 1. The van der Waals surface area contributed by atoms with Gasteiger partial charge in [-0.15, -0.1) is 0 Å². The molecule has 6 nitrogen and oxygen atoms in total. The van der Waals surface area contributed by atoms with Crippen LogP contribution in [0.1, 0.15) is 5.56 Å². The minimum absolute atomic E-state index is 0.0493. The van der Waals surface area contributed by atoms with Gasteiger partial charge >= 0.3 is 0 Å². The Balaban J connectivity index is 1.53. The number of phenols is 1. The van der Waals surface area contributed by atoms with E-state index in [-0.39, 0.29) is 18.2 Å². The monoisotopic (exact) mass is 349 g/mol. The van der Waals surface area contributed by atoms with Gasteiger partial charge in [0.25, 0.3) is 5.91 Å². The SMILES string of the molecule is COc1cc(C=NNC(=O)CNc2ccc3ccccc3c2)ccc1O. The van der Waals surface area contributed by atoms with Crippen LogP contribution in [0.2, 0.25) is 0 Å². The second kappa shape index (κ2) is 8.02. The van der Waals surface area contributed by atoms with Crippen molar-refractivity contribution in [1.29, 1.82) is 0 Å². The van der Waals surface area contributed by atoms with E-state index in [4.69, 9.17) is 4.74 Å². The zero-order valence-electron chi connectivity index (χ0n) is 14.3. The molecule has 0 bridgehead atoms. The zero-order valence-corrected chi connectivity index (χ0v) is 14.3. The first-order chi connectivity index (χ1) is 12.7. The highest BCUT2D eigenvalue weighted by Gasteiger charge is 2.02. The van der Waals surface area contributed by atoms with Crippen LogP contribution in [0.25, 0.3) is 10.8 Å². The van der Waals surface area contributed by atoms with Gasteiger partial charge in [-0.1, -0.05) is 30.3 Å². The number of hydrogen-bond donors (Lipinski definition) is 3. The van der Waals surface area contributed by atoms with E-state index in [0.717, 1.165) is 16.5 Å². The van der Waals surface area contributed by atoms with Crippen LogP contribution in [0.3, 0.4) is 0 Å². The number of carbonyl (C=O) groups excluding carboxylic acids is 1. The number of anilines is 1. The molecule has 0 atom stereocenters. The summed E-state index contributed by atoms with van der Waals surface area (Å²) in [6.07, 6.45) is 1.48. The van der Waals surface area contributed by atoms with Crippen LogP contribution >= 0.6 is 0 Å². The van der Waals surface area contributed by atoms with E-state index in [0.29, 0.717) is 11.3 Å². The molecule has 0 aliphatic carbocycles. The number of ether oxygens (including phenoxy) is 1. The Hall–Kier alpha value is -3.54. The molecule has 6 heteroatoms. The Kier molecular flexibility index (Phi) is 5.34. The van der Waals surface area contributed by atoms with Crippen molar-refractivity contribution >= 4 is 28.6 Å². The number of nitrogens with zero attached hydrogens (tertiary/aromatic N) is 1. The third-order valence-corrected chi connectivity index (χ3v) is 3.81. The molecular formula is C20H19N3O3. The molecule has 0 radical (unpaired) electrons. The molecule has 3 N–H and O–H groups in total. The first kappa shape index (κ1) is 17.3. The number of amides is 1. The largest absolute Gasteiger partial charge is 0.504 e. The van der Waals surface area contributed by atoms with Crippen LogP contribution in [-0.2, 0) is 4.79 Å². The van der Waals surface area contributed by atoms with Crippen molar-refractivity contribution < 1.29 is 14.6 Å². The second-order valence-electron chi connectivity index (χ2n) is 5.64. The summed E-state index contributed by atoms with van der Waals surface area (Å²) < 4.78 is 5.02. The van der Waals surface area contributed by atoms with Crippen LogP contribution in [0.15, 0.2) is 65.8 Å². The van der Waals surface area contributed by atoms with E-state index in [9.17, 15) is 9.90 Å². The van der Waals surface area contributed by atoms with E-state index in [1.165, 1.54) is 19.4 Å². The van der Waals surface area contributed by atoms with Gasteiger partial charge in [0.2, 0.25) is 0 Å². The predicted molar refractivity (Wildman–Crippen MR) is 103 cm³/mol. The van der Waals surface area contributed by atoms with Gasteiger partial charge in [0.1, 0.15) is 0 Å². The second-order valence-corrected chi connectivity index (χ2v) is 5.64. The standard InChI is InChI=1S/C20H19N3O3/c1-26-19-10-14(6-9-18(19)24)12-22-23-20(25)13-21-17-8-7-15-4-2-3-5-16(15)11-17/h2-12,21,24H,13H2,1H3,(H,23,25). The predicted octanol–water partition coefficient (Wildman–Crippen LogP) is 3.12. The average molecular weight is 349 g/mol. The summed E-state index contributed by atoms with van der Waals surface area (Å²) in [5, 5.41) is 18.8. The van der Waals surface area contributed by atoms with Crippen molar-refractivity contribution in [2.24, 2.45) is 5.10 Å². The minimum Gasteiger partial charge on any atom is -0.504 e. The fourth-order valence-electron chi connectivity index (χ4n) is 2.47. The van der Waals surface area contributed by atoms with Gasteiger partial charge in [-0.3, -0.25) is 4.79 Å². The first-order valence-electron chi connectivity index (χ1n) is 8.07. The number of benzene rings is 3. The molecule has 3 aromatic rings. The van der Waals surface area contributed by atoms with Crippen LogP contribution in [0.5, 0.6) is 11.5 Å². The lowest BCUT2D eigenvalue weighted by Gasteiger charge is -2.07. The van der Waals surface area contributed by atoms with Crippen molar-refractivity contribution in [1.82, 2.24) is 5.43 Å². The molecule has 0 saturated heterocycles. The Morgan fingerprint density at radius 3 is 2.73 bits per heavy atom. The maximum absolute atomic E-state index is 11.9. The van der Waals surface area contributed by atoms with Gasteiger partial charge in [0, 0.05) is 5.69 Å². The van der Waals surface area contributed by atoms with E-state index in [2.05, 4.69) is 15.8 Å². The molecule has 3 aromatic carbocycles. The number of aromatic hydroxyl groups is 1. The Labute approximate surface area is 151 Å². The summed E-state index contributed by atoms with van der Waals surface area (Å²) in [4.78, 5) is 11.9. The van der Waals surface area contributed by atoms with Crippen molar-refractivity contribution in [3.05, 3.63) is 66.2 Å². The zero-order chi connectivity index (χ0) is 18.4. The third kappa shape index (κ3) is 4.30. The summed E-state index contributed by atoms with van der Waals surface area (Å²) in [5.41, 5.74) is 4.02. The van der Waals surface area contributed by atoms with Gasteiger partial charge < -0.3 is 15.2 Å². The van der Waals surface area contributed by atoms with Crippen molar-refractivity contribution in [3.8, 4) is 11.5 Å². The van der Waals surface area contributed by atoms with E-state index < -0.39 is 0 Å². The Morgan fingerprint density at radius 2 is 1.92 bits per heavy atom. The van der Waals surface area contributed by atoms with Gasteiger partial charge in [0.05, 0.1) is 19.9 Å². The summed E-state index contributed by atoms with van der Waals surface area (Å²) in [5.74, 6) is 0.131. The summed E-state index contributed by atoms with van der Waals surface area (Å²) in [6.45, 7) is 0.106. The fraction of sp³-hybridized carbons (Fsp3) is 0.100. The van der Waals surface area contributed by atoms with Gasteiger partial charge in [-0.05, 0) is 46.7 Å². The number of nitrogens with one attached hydrogen (secondary N) is 2. The van der Waals surface area contributed by atoms with Crippen molar-refractivity contribution in [3.63, 3.8) is 0 Å². The highest BCUT2D eigenvalue weighted by molar-refractivity contribution is 5.87. The maximum atomic E-state index is 11.9. The van der Waals surface area contributed by atoms with E-state index in [1.807, 2.05) is 42.5 Å². The highest BCUT2D eigenvalue weighted by Crippen LogP contribution is 2.25. The summed E-state index contributed by atoms with van der Waals surface area (Å²) in [6, 6.07) is 18.8. The van der Waals surface area contributed by atoms with Gasteiger partial charge in [0.15, 0.2) is 11.5 Å². The molecule has 26 heavy (non-hydrogen) atoms. The lowest BCUT2D eigenvalue weighted by molar-refractivity contribution is -0.119. The average Bonchev–Trinajstić information content (AvgIpc) is 2.67. The van der Waals surface area contributed by atoms with Gasteiger partial charge in [-0.2, -0.15) is 5.10 Å². The number of hydrogen-bond acceptors (Lipinski definition) is 5. The van der Waals surface area contributed by atoms with Crippen molar-refractivity contribution in [2.75, 3.05) is 19.0 Å². The molecule has 0 aliphatic rings. The molecule has 3 rings (SSSR count). The van der Waals surface area contributed by atoms with Crippen LogP contribution in [-0.4, -0.2) is 30.9 Å². The van der Waals surface area contributed by atoms with Crippen LogP contribution in [0.4, 0.5) is 5.69 Å². The van der Waals surface area contributed by atoms with Crippen LogP contribution in [0, 0.1) is 0 Å². The smallest absolute Gasteiger partial charge is 0.259 e. The molecule has 0 unspecified atom stereocenters. The molecule has 0 aliphatic heterocycles. The number of hydrazone groups is 1. The van der Waals surface area contributed by atoms with Gasteiger partial charge in [-0.25, -0.2) is 5.43 Å². The van der Waals surface area contributed by atoms with E-state index >= 15 is 0 Å². The maximum Gasteiger partial charge on any atom is 0.259 e. The van der Waals surface area contributed by atoms with Crippen LogP contribution < -0.4 is 15.5 Å². The van der Waals surface area contributed by atoms with Crippen molar-refractivity contribution in [2.45, 2.75) is 0 Å². The number of methoxy groups -OCH3 is 1. The number of phenolic OH excluding ortho intramolecular Hbond substituents is 1. The molecule has 1 amide bonds. The van der Waals surface area contributed by atoms with E-state index in [1.54, 1.807) is 12.1 Å². The third-order valence-electron chi connectivity index (χ3n) is 3.81. The normalized spacial score (nSPS) is 10.8. The number of fused-ring (bicyclic) bond motifs is 1. The summed E-state index contributed by atoms with van der Waals surface area (Å²) >= 11 is 0. The molecule has 0 fully saturated rings. The molecule has 0 saturated carbocycles. The number of rotatable bonds is 6. The minimum atomic E-state index is -0.264. The lowest BCUT2D eigenvalue weighted by atomic mass is 10.1. The molecule has 0 aromatic heterocycles. The summed E-state index contributed by atoms with van der Waals surface area (Å²) in [7, 11) is 1.47. The topological polar surface area (TPSA) is 83.0 Å².